The topological polar surface area (TPSA) is 95.5 Å². The van der Waals surface area contributed by atoms with Gasteiger partial charge in [-0.25, -0.2) is 8.42 Å². The molecule has 4 atom stereocenters. The number of nitrogens with one attached hydrogen (secondary N) is 2. The number of rotatable bonds is 6. The quantitative estimate of drug-likeness (QED) is 0.606. The van der Waals surface area contributed by atoms with Gasteiger partial charge in [0.25, 0.3) is 0 Å². The minimum Gasteiger partial charge on any atom is -0.396 e. The number of halogens is 3. The lowest BCUT2D eigenvalue weighted by molar-refractivity contribution is -0.139. The largest absolute Gasteiger partial charge is 0.417 e. The maximum absolute atomic E-state index is 13.3. The van der Waals surface area contributed by atoms with E-state index in [9.17, 15) is 31.5 Å². The van der Waals surface area contributed by atoms with Gasteiger partial charge in [0.05, 0.1) is 10.5 Å². The smallest absolute Gasteiger partial charge is 0.396 e. The van der Waals surface area contributed by atoms with Crippen LogP contribution in [0.4, 0.5) is 13.2 Å². The lowest BCUT2D eigenvalue weighted by Gasteiger charge is -2.45. The standard InChI is InChI=1S/C21H29F3N2O4S/c1-20(2,26-31(29,30)17-9-4-3-8-16(17)21(22,23)24)19(28)25-18-14-7-5-6-13(10-14)11-15(18)12-27/h3-4,8-9,13-15,18,26-27H,5-7,10-12H2,1-2H3,(H,25,28). The van der Waals surface area contributed by atoms with Crippen molar-refractivity contribution in [1.29, 1.82) is 0 Å². The zero-order valence-electron chi connectivity index (χ0n) is 17.6. The van der Waals surface area contributed by atoms with Crippen LogP contribution in [0.15, 0.2) is 29.2 Å². The van der Waals surface area contributed by atoms with Gasteiger partial charge in [0.2, 0.25) is 15.9 Å². The van der Waals surface area contributed by atoms with Crippen LogP contribution < -0.4 is 10.0 Å². The summed E-state index contributed by atoms with van der Waals surface area (Å²) >= 11 is 0. The van der Waals surface area contributed by atoms with E-state index in [0.29, 0.717) is 12.0 Å². The third-order valence-electron chi connectivity index (χ3n) is 6.45. The number of amides is 1. The van der Waals surface area contributed by atoms with Crippen molar-refractivity contribution in [2.24, 2.45) is 17.8 Å². The highest BCUT2D eigenvalue weighted by atomic mass is 32.2. The highest BCUT2D eigenvalue weighted by Gasteiger charge is 2.44. The third kappa shape index (κ3) is 5.23. The predicted molar refractivity (Wildman–Crippen MR) is 108 cm³/mol. The van der Waals surface area contributed by atoms with Crippen molar-refractivity contribution in [2.45, 2.75) is 68.6 Å². The molecule has 0 aliphatic heterocycles. The Balaban J connectivity index is 1.79. The number of sulfonamides is 1. The van der Waals surface area contributed by atoms with E-state index in [2.05, 4.69) is 10.0 Å². The lowest BCUT2D eigenvalue weighted by atomic mass is 9.65. The molecule has 0 heterocycles. The Bertz CT molecular complexity index is 915. The van der Waals surface area contributed by atoms with Crippen LogP contribution in [-0.2, 0) is 21.0 Å². The molecule has 1 aromatic carbocycles. The molecule has 31 heavy (non-hydrogen) atoms. The molecule has 2 bridgehead atoms. The Labute approximate surface area is 180 Å². The molecule has 10 heteroatoms. The molecule has 1 amide bonds. The first-order valence-corrected chi connectivity index (χ1v) is 12.0. The van der Waals surface area contributed by atoms with Crippen LogP contribution >= 0.6 is 0 Å². The number of carbonyl (C=O) groups excluding carboxylic acids is 1. The SMILES string of the molecule is CC(C)(NS(=O)(=O)c1ccccc1C(F)(F)F)C(=O)NC1C(CO)CC2CCCC1C2. The number of carbonyl (C=O) groups is 1. The highest BCUT2D eigenvalue weighted by molar-refractivity contribution is 7.89. The monoisotopic (exact) mass is 462 g/mol. The normalized spacial score (nSPS) is 27.0. The van der Waals surface area contributed by atoms with Crippen molar-refractivity contribution < 1.29 is 31.5 Å². The molecule has 3 rings (SSSR count). The zero-order chi connectivity index (χ0) is 23.0. The van der Waals surface area contributed by atoms with Gasteiger partial charge in [-0.2, -0.15) is 17.9 Å². The van der Waals surface area contributed by atoms with Gasteiger partial charge in [-0.05, 0) is 57.1 Å². The van der Waals surface area contributed by atoms with Crippen LogP contribution in [0, 0.1) is 17.8 Å². The maximum Gasteiger partial charge on any atom is 0.417 e. The van der Waals surface area contributed by atoms with Gasteiger partial charge in [-0.3, -0.25) is 4.79 Å². The summed E-state index contributed by atoms with van der Waals surface area (Å²) in [6, 6.07) is 3.57. The Kier molecular flexibility index (Phi) is 6.74. The fourth-order valence-electron chi connectivity index (χ4n) is 4.96. The average molecular weight is 463 g/mol. The summed E-state index contributed by atoms with van der Waals surface area (Å²) in [7, 11) is -4.63. The number of fused-ring (bicyclic) bond motifs is 2. The van der Waals surface area contributed by atoms with Crippen LogP contribution in [0.1, 0.15) is 51.5 Å². The summed E-state index contributed by atoms with van der Waals surface area (Å²) in [4.78, 5) is 12.1. The second-order valence-electron chi connectivity index (χ2n) is 9.19. The summed E-state index contributed by atoms with van der Waals surface area (Å²) in [5, 5.41) is 12.7. The van der Waals surface area contributed by atoms with Crippen LogP contribution in [0.25, 0.3) is 0 Å². The Hall–Kier alpha value is -1.65. The van der Waals surface area contributed by atoms with Crippen molar-refractivity contribution in [1.82, 2.24) is 10.0 Å². The molecule has 0 saturated heterocycles. The minimum absolute atomic E-state index is 0.0803. The van der Waals surface area contributed by atoms with Gasteiger partial charge in [-0.15, -0.1) is 0 Å². The van der Waals surface area contributed by atoms with Gasteiger partial charge in [0.1, 0.15) is 5.54 Å². The van der Waals surface area contributed by atoms with Gasteiger partial charge in [0.15, 0.2) is 0 Å². The van der Waals surface area contributed by atoms with Crippen molar-refractivity contribution >= 4 is 15.9 Å². The van der Waals surface area contributed by atoms with Crippen LogP contribution in [0.5, 0.6) is 0 Å². The van der Waals surface area contributed by atoms with Crippen molar-refractivity contribution in [2.75, 3.05) is 6.61 Å². The van der Waals surface area contributed by atoms with Crippen molar-refractivity contribution in [3.8, 4) is 0 Å². The molecule has 4 unspecified atom stereocenters. The first kappa shape index (κ1) is 24.0. The molecule has 2 aliphatic rings. The zero-order valence-corrected chi connectivity index (χ0v) is 18.4. The molecule has 0 radical (unpaired) electrons. The van der Waals surface area contributed by atoms with E-state index in [1.54, 1.807) is 0 Å². The minimum atomic E-state index is -4.86. The molecule has 2 aliphatic carbocycles. The first-order chi connectivity index (χ1) is 14.3. The maximum atomic E-state index is 13.3. The summed E-state index contributed by atoms with van der Waals surface area (Å²) < 4.78 is 67.5. The third-order valence-corrected chi connectivity index (χ3v) is 8.16. The number of hydrogen-bond acceptors (Lipinski definition) is 4. The predicted octanol–water partition coefficient (Wildman–Crippen LogP) is 3.07. The average Bonchev–Trinajstić information content (AvgIpc) is 2.68. The molecular weight excluding hydrogens is 433 g/mol. The van der Waals surface area contributed by atoms with E-state index in [1.807, 2.05) is 0 Å². The summed E-state index contributed by atoms with van der Waals surface area (Å²) in [5.41, 5.74) is -2.98. The van der Waals surface area contributed by atoms with Gasteiger partial charge in [0, 0.05) is 18.6 Å². The number of aliphatic hydroxyl groups excluding tert-OH is 1. The molecule has 0 spiro atoms. The number of alkyl halides is 3. The van der Waals surface area contributed by atoms with Crippen molar-refractivity contribution in [3.63, 3.8) is 0 Å². The van der Waals surface area contributed by atoms with E-state index in [1.165, 1.54) is 19.9 Å². The molecule has 1 aromatic rings. The molecule has 0 aromatic heterocycles. The van der Waals surface area contributed by atoms with E-state index in [-0.39, 0.29) is 24.5 Å². The second kappa shape index (κ2) is 8.71. The molecule has 2 fully saturated rings. The Morgan fingerprint density at radius 2 is 1.84 bits per heavy atom. The van der Waals surface area contributed by atoms with Gasteiger partial charge in [-0.1, -0.05) is 25.0 Å². The Morgan fingerprint density at radius 3 is 2.48 bits per heavy atom. The van der Waals surface area contributed by atoms with E-state index in [4.69, 9.17) is 0 Å². The highest BCUT2D eigenvalue weighted by Crippen LogP contribution is 2.42. The number of hydrogen-bond donors (Lipinski definition) is 3. The molecule has 6 nitrogen and oxygen atoms in total. The van der Waals surface area contributed by atoms with Crippen LogP contribution in [-0.4, -0.2) is 37.6 Å². The molecule has 174 valence electrons. The van der Waals surface area contributed by atoms with Gasteiger partial charge >= 0.3 is 6.18 Å². The fourth-order valence-corrected chi connectivity index (χ4v) is 6.57. The molecule has 2 saturated carbocycles. The van der Waals surface area contributed by atoms with Crippen molar-refractivity contribution in [3.05, 3.63) is 29.8 Å². The van der Waals surface area contributed by atoms with Crippen LogP contribution in [0.3, 0.4) is 0 Å². The summed E-state index contributed by atoms with van der Waals surface area (Å²) in [6.45, 7) is 2.55. The number of aliphatic hydroxyl groups is 1. The fraction of sp³-hybridized carbons (Fsp3) is 0.667. The Morgan fingerprint density at radius 1 is 1.16 bits per heavy atom. The van der Waals surface area contributed by atoms with E-state index >= 15 is 0 Å². The summed E-state index contributed by atoms with van der Waals surface area (Å²) in [5.74, 6) is -0.0270. The summed E-state index contributed by atoms with van der Waals surface area (Å²) in [6.07, 6.45) is -0.0356. The van der Waals surface area contributed by atoms with E-state index < -0.39 is 38.1 Å². The lowest BCUT2D eigenvalue weighted by Crippen LogP contribution is -2.60. The number of benzene rings is 1. The van der Waals surface area contributed by atoms with E-state index in [0.717, 1.165) is 44.2 Å². The first-order valence-electron chi connectivity index (χ1n) is 10.5. The molecule has 3 N–H and O–H groups in total. The second-order valence-corrected chi connectivity index (χ2v) is 10.8. The van der Waals surface area contributed by atoms with Crippen LogP contribution in [0.2, 0.25) is 0 Å². The van der Waals surface area contributed by atoms with Gasteiger partial charge < -0.3 is 10.4 Å². The molecular formula is C21H29F3N2O4S.